The molecule has 3 heteroatoms. The predicted molar refractivity (Wildman–Crippen MR) is 82.9 cm³/mol. The van der Waals surface area contributed by atoms with Crippen LogP contribution in [-0.2, 0) is 6.54 Å². The Morgan fingerprint density at radius 2 is 1.76 bits per heavy atom. The van der Waals surface area contributed by atoms with Crippen molar-refractivity contribution in [2.75, 3.05) is 13.6 Å². The Morgan fingerprint density at radius 3 is 2.43 bits per heavy atom. The lowest BCUT2D eigenvalue weighted by molar-refractivity contribution is 0.0967. The molecule has 0 spiro atoms. The fourth-order valence-corrected chi connectivity index (χ4v) is 2.29. The maximum absolute atomic E-state index is 12.8. The molecule has 0 heterocycles. The number of ketones is 1. The number of aryl methyl sites for hydroxylation is 1. The van der Waals surface area contributed by atoms with Gasteiger partial charge in [0.2, 0.25) is 0 Å². The average molecular weight is 285 g/mol. The monoisotopic (exact) mass is 285 g/mol. The summed E-state index contributed by atoms with van der Waals surface area (Å²) in [5.74, 6) is -0.0600. The zero-order valence-electron chi connectivity index (χ0n) is 12.5. The third-order valence-electron chi connectivity index (χ3n) is 3.53. The average Bonchev–Trinajstić information content (AvgIpc) is 2.48. The van der Waals surface area contributed by atoms with Crippen molar-refractivity contribution in [2.45, 2.75) is 19.9 Å². The van der Waals surface area contributed by atoms with Crippen LogP contribution in [0.5, 0.6) is 0 Å². The second-order valence-electron chi connectivity index (χ2n) is 5.35. The maximum atomic E-state index is 12.8. The topological polar surface area (TPSA) is 20.3 Å². The molecule has 2 aromatic carbocycles. The smallest absolute Gasteiger partial charge is 0.164 e. The van der Waals surface area contributed by atoms with Crippen molar-refractivity contribution < 1.29 is 9.18 Å². The van der Waals surface area contributed by atoms with Crippen LogP contribution in [0.1, 0.15) is 27.9 Å². The third-order valence-corrected chi connectivity index (χ3v) is 3.53. The Bertz CT molecular complexity index is 607. The van der Waals surface area contributed by atoms with Gasteiger partial charge in [0, 0.05) is 25.1 Å². The highest BCUT2D eigenvalue weighted by atomic mass is 19.1. The van der Waals surface area contributed by atoms with E-state index in [0.29, 0.717) is 19.5 Å². The minimum atomic E-state index is -0.226. The molecule has 0 saturated carbocycles. The summed E-state index contributed by atoms with van der Waals surface area (Å²) in [6.45, 7) is 3.35. The van der Waals surface area contributed by atoms with Crippen molar-refractivity contribution in [1.82, 2.24) is 4.90 Å². The Morgan fingerprint density at radius 1 is 1.10 bits per heavy atom. The Hall–Kier alpha value is -2.00. The highest BCUT2D eigenvalue weighted by Crippen LogP contribution is 2.11. The molecule has 0 amide bonds. The van der Waals surface area contributed by atoms with Crippen LogP contribution in [-0.4, -0.2) is 24.3 Å². The molecule has 0 atom stereocenters. The van der Waals surface area contributed by atoms with Crippen molar-refractivity contribution >= 4 is 5.78 Å². The van der Waals surface area contributed by atoms with Crippen LogP contribution in [0.25, 0.3) is 0 Å². The van der Waals surface area contributed by atoms with Gasteiger partial charge >= 0.3 is 0 Å². The molecule has 2 nitrogen and oxygen atoms in total. The molecule has 0 bridgehead atoms. The summed E-state index contributed by atoms with van der Waals surface area (Å²) >= 11 is 0. The number of benzene rings is 2. The van der Waals surface area contributed by atoms with E-state index < -0.39 is 0 Å². The molecule has 2 rings (SSSR count). The summed E-state index contributed by atoms with van der Waals surface area (Å²) in [5, 5.41) is 0. The number of carbonyl (C=O) groups excluding carboxylic acids is 1. The number of hydrogen-bond donors (Lipinski definition) is 0. The minimum absolute atomic E-state index is 0.166. The van der Waals surface area contributed by atoms with Crippen molar-refractivity contribution in [1.29, 1.82) is 0 Å². The molecule has 0 aliphatic heterocycles. The molecule has 2 aromatic rings. The summed E-state index contributed by atoms with van der Waals surface area (Å²) in [6, 6.07) is 14.1. The first-order chi connectivity index (χ1) is 10.1. The first kappa shape index (κ1) is 15.4. The lowest BCUT2D eigenvalue weighted by Gasteiger charge is -2.16. The van der Waals surface area contributed by atoms with Gasteiger partial charge in [-0.25, -0.2) is 4.39 Å². The second-order valence-corrected chi connectivity index (χ2v) is 5.35. The lowest BCUT2D eigenvalue weighted by Crippen LogP contribution is -2.21. The molecule has 21 heavy (non-hydrogen) atoms. The largest absolute Gasteiger partial charge is 0.302 e. The van der Waals surface area contributed by atoms with E-state index in [9.17, 15) is 9.18 Å². The molecule has 0 aliphatic rings. The van der Waals surface area contributed by atoms with Gasteiger partial charge in [0.1, 0.15) is 5.82 Å². The summed E-state index contributed by atoms with van der Waals surface area (Å²) in [6.07, 6.45) is 0.489. The molecule has 0 unspecified atom stereocenters. The highest BCUT2D eigenvalue weighted by molar-refractivity contribution is 5.97. The quantitative estimate of drug-likeness (QED) is 0.752. The molecule has 0 aromatic heterocycles. The van der Waals surface area contributed by atoms with E-state index in [0.717, 1.165) is 16.7 Å². The molecular weight excluding hydrogens is 265 g/mol. The van der Waals surface area contributed by atoms with Crippen LogP contribution in [0.15, 0.2) is 48.5 Å². The number of rotatable bonds is 6. The van der Waals surface area contributed by atoms with Gasteiger partial charge < -0.3 is 4.90 Å². The van der Waals surface area contributed by atoms with Gasteiger partial charge in [0.05, 0.1) is 0 Å². The first-order valence-electron chi connectivity index (χ1n) is 7.08. The number of hydrogen-bond acceptors (Lipinski definition) is 2. The van der Waals surface area contributed by atoms with E-state index in [4.69, 9.17) is 0 Å². The van der Waals surface area contributed by atoms with Gasteiger partial charge in [0.15, 0.2) is 5.78 Å². The fraction of sp³-hybridized carbons (Fsp3) is 0.278. The van der Waals surface area contributed by atoms with Crippen molar-refractivity contribution in [3.63, 3.8) is 0 Å². The van der Waals surface area contributed by atoms with Crippen LogP contribution < -0.4 is 0 Å². The number of halogens is 1. The van der Waals surface area contributed by atoms with E-state index in [2.05, 4.69) is 4.90 Å². The Kier molecular flexibility index (Phi) is 5.23. The Balaban J connectivity index is 1.86. The van der Waals surface area contributed by atoms with Gasteiger partial charge in [-0.15, -0.1) is 0 Å². The predicted octanol–water partition coefficient (Wildman–Crippen LogP) is 3.84. The van der Waals surface area contributed by atoms with Crippen LogP contribution in [0.2, 0.25) is 0 Å². The number of nitrogens with zero attached hydrogens (tertiary/aromatic N) is 1. The summed E-state index contributed by atoms with van der Waals surface area (Å²) in [5.41, 5.74) is 2.86. The van der Waals surface area contributed by atoms with Crippen molar-refractivity contribution in [3.8, 4) is 0 Å². The zero-order valence-corrected chi connectivity index (χ0v) is 12.5. The molecule has 0 fully saturated rings. The standard InChI is InChI=1S/C18H20FNO/c1-14-5-3-4-6-17(14)18(21)11-12-20(2)13-15-7-9-16(19)10-8-15/h3-10H,11-13H2,1-2H3. The molecule has 0 saturated heterocycles. The van der Waals surface area contributed by atoms with Gasteiger partial charge in [-0.05, 0) is 37.2 Å². The SMILES string of the molecule is Cc1ccccc1C(=O)CCN(C)Cc1ccc(F)cc1. The van der Waals surface area contributed by atoms with Gasteiger partial charge in [0.25, 0.3) is 0 Å². The molecule has 0 aliphatic carbocycles. The van der Waals surface area contributed by atoms with Crippen LogP contribution in [0.3, 0.4) is 0 Å². The van der Waals surface area contributed by atoms with Crippen molar-refractivity contribution in [2.24, 2.45) is 0 Å². The zero-order chi connectivity index (χ0) is 15.2. The summed E-state index contributed by atoms with van der Waals surface area (Å²) in [4.78, 5) is 14.3. The lowest BCUT2D eigenvalue weighted by atomic mass is 10.0. The molecular formula is C18H20FNO. The van der Waals surface area contributed by atoms with E-state index >= 15 is 0 Å². The van der Waals surface area contributed by atoms with E-state index in [-0.39, 0.29) is 11.6 Å². The number of carbonyl (C=O) groups is 1. The molecule has 0 N–H and O–H groups in total. The van der Waals surface area contributed by atoms with E-state index in [1.807, 2.05) is 38.2 Å². The van der Waals surface area contributed by atoms with Crippen LogP contribution in [0.4, 0.5) is 4.39 Å². The first-order valence-corrected chi connectivity index (χ1v) is 7.08. The van der Waals surface area contributed by atoms with Gasteiger partial charge in [-0.2, -0.15) is 0 Å². The minimum Gasteiger partial charge on any atom is -0.302 e. The maximum Gasteiger partial charge on any atom is 0.164 e. The van der Waals surface area contributed by atoms with Crippen LogP contribution in [0, 0.1) is 12.7 Å². The van der Waals surface area contributed by atoms with E-state index in [1.165, 1.54) is 12.1 Å². The van der Waals surface area contributed by atoms with E-state index in [1.54, 1.807) is 12.1 Å². The van der Waals surface area contributed by atoms with Gasteiger partial charge in [-0.1, -0.05) is 36.4 Å². The second kappa shape index (κ2) is 7.14. The molecule has 0 radical (unpaired) electrons. The molecule has 110 valence electrons. The number of Topliss-reactive ketones (excluding diaryl/α,β-unsaturated/α-hetero) is 1. The van der Waals surface area contributed by atoms with Crippen molar-refractivity contribution in [3.05, 3.63) is 71.0 Å². The Labute approximate surface area is 125 Å². The summed E-state index contributed by atoms with van der Waals surface area (Å²) < 4.78 is 12.8. The summed E-state index contributed by atoms with van der Waals surface area (Å²) in [7, 11) is 1.97. The highest BCUT2D eigenvalue weighted by Gasteiger charge is 2.10. The van der Waals surface area contributed by atoms with Crippen LogP contribution >= 0.6 is 0 Å². The normalized spacial score (nSPS) is 10.9. The third kappa shape index (κ3) is 4.50. The van der Waals surface area contributed by atoms with Gasteiger partial charge in [-0.3, -0.25) is 4.79 Å². The fourth-order valence-electron chi connectivity index (χ4n) is 2.29.